The van der Waals surface area contributed by atoms with E-state index in [4.69, 9.17) is 13.9 Å². The van der Waals surface area contributed by atoms with E-state index in [2.05, 4.69) is 15.6 Å². The van der Waals surface area contributed by atoms with Gasteiger partial charge in [0, 0.05) is 51.3 Å². The quantitative estimate of drug-likeness (QED) is 0.411. The van der Waals surface area contributed by atoms with Gasteiger partial charge in [-0.1, -0.05) is 0 Å². The average Bonchev–Trinajstić information content (AvgIpc) is 3.27. The Kier molecular flexibility index (Phi) is 11.3. The minimum atomic E-state index is -1.07. The first kappa shape index (κ1) is 26.2. The van der Waals surface area contributed by atoms with E-state index in [1.165, 1.54) is 17.2 Å². The van der Waals surface area contributed by atoms with Crippen molar-refractivity contribution in [3.8, 4) is 0 Å². The van der Waals surface area contributed by atoms with Crippen molar-refractivity contribution in [3.05, 3.63) is 47.7 Å². The van der Waals surface area contributed by atoms with Crippen molar-refractivity contribution in [2.75, 3.05) is 44.8 Å². The molecule has 9 nitrogen and oxygen atoms in total. The number of amides is 3. The van der Waals surface area contributed by atoms with Crippen molar-refractivity contribution in [2.24, 2.45) is 0 Å². The number of nitrogens with zero attached hydrogens (tertiary/aromatic N) is 2. The number of hydrogen-bond acceptors (Lipinski definition) is 6. The molecule has 1 aromatic heterocycles. The highest BCUT2D eigenvalue weighted by atomic mass is 19.2. The van der Waals surface area contributed by atoms with Gasteiger partial charge in [0.2, 0.25) is 5.89 Å². The standard InChI is InChI=1S/C22H30F2N4O5/c1-3-31-11-5-9-25-21(29)19-15-33-20(27-19)14-28(10-6-12-32-4-2)22(30)26-16-7-8-17(23)18(24)13-16/h7-8,13,15H,3-6,9-12,14H2,1-2H3,(H,25,29)(H,26,30). The van der Waals surface area contributed by atoms with Crippen LogP contribution in [0.1, 0.15) is 43.1 Å². The van der Waals surface area contributed by atoms with Crippen LogP contribution in [0.2, 0.25) is 0 Å². The normalized spacial score (nSPS) is 10.8. The molecule has 0 aliphatic heterocycles. The van der Waals surface area contributed by atoms with Gasteiger partial charge in [-0.15, -0.1) is 0 Å². The Bertz CT molecular complexity index is 893. The van der Waals surface area contributed by atoms with Crippen LogP contribution in [-0.4, -0.2) is 61.3 Å². The van der Waals surface area contributed by atoms with Crippen LogP contribution in [0.5, 0.6) is 0 Å². The summed E-state index contributed by atoms with van der Waals surface area (Å²) < 4.78 is 42.5. The summed E-state index contributed by atoms with van der Waals surface area (Å²) in [7, 11) is 0. The van der Waals surface area contributed by atoms with Crippen molar-refractivity contribution < 1.29 is 32.3 Å². The molecule has 1 aromatic carbocycles. The van der Waals surface area contributed by atoms with Crippen LogP contribution >= 0.6 is 0 Å². The predicted octanol–water partition coefficient (Wildman–Crippen LogP) is 3.57. The van der Waals surface area contributed by atoms with Crippen molar-refractivity contribution >= 4 is 17.6 Å². The topological polar surface area (TPSA) is 106 Å². The number of oxazole rings is 1. The lowest BCUT2D eigenvalue weighted by Gasteiger charge is -2.21. The summed E-state index contributed by atoms with van der Waals surface area (Å²) in [5, 5.41) is 5.25. The van der Waals surface area contributed by atoms with Crippen molar-refractivity contribution in [3.63, 3.8) is 0 Å². The molecule has 33 heavy (non-hydrogen) atoms. The molecular weight excluding hydrogens is 438 g/mol. The van der Waals surface area contributed by atoms with E-state index >= 15 is 0 Å². The zero-order valence-electron chi connectivity index (χ0n) is 18.9. The summed E-state index contributed by atoms with van der Waals surface area (Å²) in [6.45, 7) is 6.60. The number of carbonyl (C=O) groups excluding carboxylic acids is 2. The van der Waals surface area contributed by atoms with E-state index < -0.39 is 23.6 Å². The molecular formula is C22H30F2N4O5. The first-order valence-electron chi connectivity index (χ1n) is 10.8. The summed E-state index contributed by atoms with van der Waals surface area (Å²) >= 11 is 0. The molecule has 182 valence electrons. The molecule has 0 bridgehead atoms. The third kappa shape index (κ3) is 9.15. The van der Waals surface area contributed by atoms with Crippen molar-refractivity contribution in [1.82, 2.24) is 15.2 Å². The lowest BCUT2D eigenvalue weighted by atomic mass is 10.3. The van der Waals surface area contributed by atoms with E-state index in [0.717, 1.165) is 12.1 Å². The molecule has 0 unspecified atom stereocenters. The number of rotatable bonds is 14. The summed E-state index contributed by atoms with van der Waals surface area (Å²) in [6.07, 6.45) is 2.42. The third-order valence-corrected chi connectivity index (χ3v) is 4.44. The number of carbonyl (C=O) groups is 2. The fraction of sp³-hybridized carbons (Fsp3) is 0.500. The molecule has 2 rings (SSSR count). The predicted molar refractivity (Wildman–Crippen MR) is 117 cm³/mol. The smallest absolute Gasteiger partial charge is 0.322 e. The highest BCUT2D eigenvalue weighted by molar-refractivity contribution is 5.92. The molecule has 0 saturated heterocycles. The molecule has 0 aliphatic carbocycles. The SMILES string of the molecule is CCOCCCNC(=O)c1coc(CN(CCCOCC)C(=O)Nc2ccc(F)c(F)c2)n1. The number of benzene rings is 1. The van der Waals surface area contributed by atoms with Crippen LogP contribution in [0.15, 0.2) is 28.9 Å². The van der Waals surface area contributed by atoms with Crippen LogP contribution in [0.4, 0.5) is 19.3 Å². The monoisotopic (exact) mass is 468 g/mol. The van der Waals surface area contributed by atoms with E-state index in [0.29, 0.717) is 45.8 Å². The third-order valence-electron chi connectivity index (χ3n) is 4.44. The number of ether oxygens (including phenoxy) is 2. The minimum Gasteiger partial charge on any atom is -0.446 e. The van der Waals surface area contributed by atoms with Gasteiger partial charge in [0.25, 0.3) is 5.91 Å². The molecule has 0 spiro atoms. The highest BCUT2D eigenvalue weighted by Crippen LogP contribution is 2.15. The zero-order valence-corrected chi connectivity index (χ0v) is 18.9. The average molecular weight is 469 g/mol. The van der Waals surface area contributed by atoms with Gasteiger partial charge in [0.15, 0.2) is 17.3 Å². The molecule has 0 radical (unpaired) electrons. The van der Waals surface area contributed by atoms with Crippen LogP contribution in [-0.2, 0) is 16.0 Å². The van der Waals surface area contributed by atoms with E-state index in [1.807, 2.05) is 13.8 Å². The number of halogens is 2. The summed E-state index contributed by atoms with van der Waals surface area (Å²) in [4.78, 5) is 30.5. The largest absolute Gasteiger partial charge is 0.446 e. The maximum absolute atomic E-state index is 13.5. The first-order chi connectivity index (χ1) is 15.9. The summed E-state index contributed by atoms with van der Waals surface area (Å²) in [6, 6.07) is 2.52. The molecule has 0 atom stereocenters. The summed E-state index contributed by atoms with van der Waals surface area (Å²) in [5.41, 5.74) is 0.199. The maximum Gasteiger partial charge on any atom is 0.322 e. The molecule has 3 amide bonds. The van der Waals surface area contributed by atoms with Crippen LogP contribution < -0.4 is 10.6 Å². The minimum absolute atomic E-state index is 0.0285. The Hall–Kier alpha value is -3.05. The van der Waals surface area contributed by atoms with Gasteiger partial charge in [0.1, 0.15) is 6.26 Å². The van der Waals surface area contributed by atoms with Crippen molar-refractivity contribution in [2.45, 2.75) is 33.2 Å². The van der Waals surface area contributed by atoms with Gasteiger partial charge < -0.3 is 29.4 Å². The Morgan fingerprint density at radius 3 is 2.52 bits per heavy atom. The Morgan fingerprint density at radius 1 is 1.09 bits per heavy atom. The zero-order chi connectivity index (χ0) is 24.1. The van der Waals surface area contributed by atoms with Crippen LogP contribution in [0.3, 0.4) is 0 Å². The van der Waals surface area contributed by atoms with Gasteiger partial charge in [-0.05, 0) is 38.8 Å². The lowest BCUT2D eigenvalue weighted by molar-refractivity contribution is 0.0939. The van der Waals surface area contributed by atoms with E-state index in [-0.39, 0.29) is 30.4 Å². The van der Waals surface area contributed by atoms with Gasteiger partial charge in [-0.2, -0.15) is 0 Å². The Morgan fingerprint density at radius 2 is 1.82 bits per heavy atom. The number of hydrogen-bond donors (Lipinski definition) is 2. The fourth-order valence-corrected chi connectivity index (χ4v) is 2.79. The molecule has 0 fully saturated rings. The number of anilines is 1. The second-order valence-electron chi connectivity index (χ2n) is 6.96. The number of aromatic nitrogens is 1. The molecule has 11 heteroatoms. The highest BCUT2D eigenvalue weighted by Gasteiger charge is 2.19. The van der Waals surface area contributed by atoms with Crippen LogP contribution in [0.25, 0.3) is 0 Å². The van der Waals surface area contributed by atoms with Gasteiger partial charge >= 0.3 is 6.03 Å². The molecule has 2 N–H and O–H groups in total. The Balaban J connectivity index is 1.98. The van der Waals surface area contributed by atoms with E-state index in [1.54, 1.807) is 0 Å². The fourth-order valence-electron chi connectivity index (χ4n) is 2.79. The van der Waals surface area contributed by atoms with Crippen LogP contribution in [0, 0.1) is 11.6 Å². The van der Waals surface area contributed by atoms with Gasteiger partial charge in [-0.3, -0.25) is 4.79 Å². The number of urea groups is 1. The molecule has 0 aliphatic rings. The maximum atomic E-state index is 13.5. The molecule has 0 saturated carbocycles. The Labute approximate surface area is 191 Å². The first-order valence-corrected chi connectivity index (χ1v) is 10.8. The van der Waals surface area contributed by atoms with Gasteiger partial charge in [-0.25, -0.2) is 18.6 Å². The number of nitrogens with one attached hydrogen (secondary N) is 2. The van der Waals surface area contributed by atoms with Crippen molar-refractivity contribution in [1.29, 1.82) is 0 Å². The second-order valence-corrected chi connectivity index (χ2v) is 6.96. The van der Waals surface area contributed by atoms with Gasteiger partial charge in [0.05, 0.1) is 6.54 Å². The lowest BCUT2D eigenvalue weighted by Crippen LogP contribution is -2.36. The summed E-state index contributed by atoms with van der Waals surface area (Å²) in [5.74, 6) is -2.31. The van der Waals surface area contributed by atoms with E-state index in [9.17, 15) is 18.4 Å². The molecule has 1 heterocycles. The second kappa shape index (κ2) is 14.2. The molecule has 2 aromatic rings.